The van der Waals surface area contributed by atoms with Crippen LogP contribution in [0.25, 0.3) is 10.9 Å². The number of methoxy groups -OCH3 is 1. The van der Waals surface area contributed by atoms with E-state index < -0.39 is 5.97 Å². The monoisotopic (exact) mass is 379 g/mol. The SMILES string of the molecule is COC(=O)c1[nH]c2ccc(Cl)cc2c1NC(=O)CN1C[C@@H](C)O[C@@H](C)C1. The van der Waals surface area contributed by atoms with Crippen molar-refractivity contribution in [2.24, 2.45) is 0 Å². The summed E-state index contributed by atoms with van der Waals surface area (Å²) in [6, 6.07) is 5.17. The first kappa shape index (κ1) is 18.7. The number of carbonyl (C=O) groups is 2. The van der Waals surface area contributed by atoms with E-state index in [0.29, 0.717) is 34.7 Å². The summed E-state index contributed by atoms with van der Waals surface area (Å²) < 4.78 is 10.5. The Hall–Kier alpha value is -2.09. The predicted octanol–water partition coefficient (Wildman–Crippen LogP) is 2.66. The topological polar surface area (TPSA) is 83.7 Å². The van der Waals surface area contributed by atoms with Gasteiger partial charge in [0.05, 0.1) is 31.5 Å². The number of hydrogen-bond acceptors (Lipinski definition) is 5. The number of amides is 1. The van der Waals surface area contributed by atoms with Gasteiger partial charge in [0.1, 0.15) is 5.69 Å². The number of nitrogens with one attached hydrogen (secondary N) is 2. The van der Waals surface area contributed by atoms with Gasteiger partial charge in [-0.05, 0) is 32.0 Å². The van der Waals surface area contributed by atoms with Crippen LogP contribution in [0.1, 0.15) is 24.3 Å². The number of H-pyrrole nitrogens is 1. The van der Waals surface area contributed by atoms with Crippen molar-refractivity contribution in [2.45, 2.75) is 26.1 Å². The molecule has 1 aromatic carbocycles. The van der Waals surface area contributed by atoms with Gasteiger partial charge in [-0.3, -0.25) is 9.69 Å². The van der Waals surface area contributed by atoms with Crippen LogP contribution in [0.3, 0.4) is 0 Å². The molecule has 1 amide bonds. The summed E-state index contributed by atoms with van der Waals surface area (Å²) in [4.78, 5) is 29.7. The van der Waals surface area contributed by atoms with Gasteiger partial charge in [-0.25, -0.2) is 4.79 Å². The molecule has 1 aliphatic heterocycles. The lowest BCUT2D eigenvalue weighted by Gasteiger charge is -2.34. The number of hydrogen-bond donors (Lipinski definition) is 2. The van der Waals surface area contributed by atoms with Crippen molar-refractivity contribution in [1.82, 2.24) is 9.88 Å². The number of carbonyl (C=O) groups excluding carboxylic acids is 2. The molecule has 0 aliphatic carbocycles. The molecule has 140 valence electrons. The molecular weight excluding hydrogens is 358 g/mol. The van der Waals surface area contributed by atoms with Gasteiger partial charge in [0.25, 0.3) is 0 Å². The van der Waals surface area contributed by atoms with E-state index in [1.807, 2.05) is 18.7 Å². The summed E-state index contributed by atoms with van der Waals surface area (Å²) in [7, 11) is 1.29. The molecule has 2 N–H and O–H groups in total. The fourth-order valence-corrected chi connectivity index (χ4v) is 3.52. The Kier molecular flexibility index (Phi) is 5.50. The number of ether oxygens (including phenoxy) is 2. The molecule has 1 saturated heterocycles. The Balaban J connectivity index is 1.83. The maximum absolute atomic E-state index is 12.6. The summed E-state index contributed by atoms with van der Waals surface area (Å²) in [5.41, 5.74) is 1.27. The molecule has 0 radical (unpaired) electrons. The number of nitrogens with zero attached hydrogens (tertiary/aromatic N) is 1. The van der Waals surface area contributed by atoms with Gasteiger partial charge in [0, 0.05) is 29.0 Å². The highest BCUT2D eigenvalue weighted by molar-refractivity contribution is 6.31. The standard InChI is InChI=1S/C18H22ClN3O4/c1-10-7-22(8-11(2)26-10)9-15(23)21-16-13-6-12(19)4-5-14(13)20-17(16)18(24)25-3/h4-6,10-11,20H,7-9H2,1-3H3,(H,21,23)/t10-,11+. The average molecular weight is 380 g/mol. The minimum absolute atomic E-state index is 0.0732. The Morgan fingerprint density at radius 3 is 2.69 bits per heavy atom. The van der Waals surface area contributed by atoms with E-state index in [9.17, 15) is 9.59 Å². The van der Waals surface area contributed by atoms with Gasteiger partial charge >= 0.3 is 5.97 Å². The van der Waals surface area contributed by atoms with Gasteiger partial charge in [-0.1, -0.05) is 11.6 Å². The zero-order valence-electron chi connectivity index (χ0n) is 15.0. The van der Waals surface area contributed by atoms with Crippen LogP contribution in [-0.2, 0) is 14.3 Å². The van der Waals surface area contributed by atoms with Crippen LogP contribution in [0.4, 0.5) is 5.69 Å². The maximum atomic E-state index is 12.6. The number of aromatic amines is 1. The third-order valence-electron chi connectivity index (χ3n) is 4.28. The van der Waals surface area contributed by atoms with Crippen molar-refractivity contribution in [2.75, 3.05) is 32.1 Å². The highest BCUT2D eigenvalue weighted by Crippen LogP contribution is 2.30. The Morgan fingerprint density at radius 2 is 2.04 bits per heavy atom. The summed E-state index contributed by atoms with van der Waals surface area (Å²) in [6.45, 7) is 5.55. The molecule has 8 heteroatoms. The maximum Gasteiger partial charge on any atom is 0.356 e. The first-order valence-corrected chi connectivity index (χ1v) is 8.82. The van der Waals surface area contributed by atoms with Gasteiger partial charge in [-0.15, -0.1) is 0 Å². The lowest BCUT2D eigenvalue weighted by atomic mass is 10.2. The van der Waals surface area contributed by atoms with Gasteiger partial charge in [0.2, 0.25) is 5.91 Å². The molecule has 1 aromatic heterocycles. The number of aromatic nitrogens is 1. The Labute approximate surface area is 156 Å². The van der Waals surface area contributed by atoms with Crippen LogP contribution in [0.5, 0.6) is 0 Å². The average Bonchev–Trinajstić information content (AvgIpc) is 2.91. The molecule has 1 aliphatic rings. The first-order valence-electron chi connectivity index (χ1n) is 8.44. The number of fused-ring (bicyclic) bond motifs is 1. The van der Waals surface area contributed by atoms with Crippen LogP contribution in [0.2, 0.25) is 5.02 Å². The zero-order valence-corrected chi connectivity index (χ0v) is 15.7. The molecule has 0 unspecified atom stereocenters. The van der Waals surface area contributed by atoms with Gasteiger partial charge < -0.3 is 19.8 Å². The fourth-order valence-electron chi connectivity index (χ4n) is 3.34. The zero-order chi connectivity index (χ0) is 18.8. The van der Waals surface area contributed by atoms with Crippen LogP contribution in [-0.4, -0.2) is 60.7 Å². The van der Waals surface area contributed by atoms with Crippen molar-refractivity contribution in [3.63, 3.8) is 0 Å². The van der Waals surface area contributed by atoms with E-state index in [2.05, 4.69) is 10.3 Å². The third kappa shape index (κ3) is 4.00. The van der Waals surface area contributed by atoms with Crippen molar-refractivity contribution < 1.29 is 19.1 Å². The molecule has 0 spiro atoms. The molecule has 26 heavy (non-hydrogen) atoms. The number of benzene rings is 1. The van der Waals surface area contributed by atoms with Crippen LogP contribution < -0.4 is 5.32 Å². The second kappa shape index (κ2) is 7.65. The fraction of sp³-hybridized carbons (Fsp3) is 0.444. The molecule has 7 nitrogen and oxygen atoms in total. The quantitative estimate of drug-likeness (QED) is 0.798. The van der Waals surface area contributed by atoms with Crippen LogP contribution >= 0.6 is 11.6 Å². The van der Waals surface area contributed by atoms with E-state index in [1.165, 1.54) is 7.11 Å². The molecule has 2 heterocycles. The number of esters is 1. The number of rotatable bonds is 4. The molecule has 2 atom stereocenters. The Bertz CT molecular complexity index is 825. The molecule has 1 fully saturated rings. The largest absolute Gasteiger partial charge is 0.464 e. The Morgan fingerprint density at radius 1 is 1.35 bits per heavy atom. The normalized spacial score (nSPS) is 20.9. The number of morpholine rings is 1. The minimum atomic E-state index is -0.554. The predicted molar refractivity (Wildman–Crippen MR) is 99.7 cm³/mol. The summed E-state index contributed by atoms with van der Waals surface area (Å²) in [6.07, 6.45) is 0.146. The van der Waals surface area contributed by atoms with Crippen molar-refractivity contribution >= 4 is 40.1 Å². The number of halogens is 1. The van der Waals surface area contributed by atoms with Crippen molar-refractivity contribution in [1.29, 1.82) is 0 Å². The highest BCUT2D eigenvalue weighted by atomic mass is 35.5. The number of anilines is 1. The van der Waals surface area contributed by atoms with Crippen LogP contribution in [0.15, 0.2) is 18.2 Å². The van der Waals surface area contributed by atoms with E-state index in [-0.39, 0.29) is 30.4 Å². The highest BCUT2D eigenvalue weighted by Gasteiger charge is 2.25. The van der Waals surface area contributed by atoms with Gasteiger partial charge in [-0.2, -0.15) is 0 Å². The first-order chi connectivity index (χ1) is 12.4. The molecular formula is C18H22ClN3O4. The molecule has 0 saturated carbocycles. The lowest BCUT2D eigenvalue weighted by Crippen LogP contribution is -2.48. The van der Waals surface area contributed by atoms with Crippen molar-refractivity contribution in [3.8, 4) is 0 Å². The second-order valence-electron chi connectivity index (χ2n) is 6.56. The molecule has 3 rings (SSSR count). The summed E-state index contributed by atoms with van der Waals surface area (Å²) in [5.74, 6) is -0.765. The van der Waals surface area contributed by atoms with Gasteiger partial charge in [0.15, 0.2) is 0 Å². The summed E-state index contributed by atoms with van der Waals surface area (Å²) in [5, 5.41) is 4.02. The molecule has 0 bridgehead atoms. The van der Waals surface area contributed by atoms with Crippen molar-refractivity contribution in [3.05, 3.63) is 28.9 Å². The molecule has 2 aromatic rings. The van der Waals surface area contributed by atoms with E-state index in [0.717, 1.165) is 0 Å². The minimum Gasteiger partial charge on any atom is -0.464 e. The van der Waals surface area contributed by atoms with E-state index in [4.69, 9.17) is 21.1 Å². The van der Waals surface area contributed by atoms with E-state index >= 15 is 0 Å². The summed E-state index contributed by atoms with van der Waals surface area (Å²) >= 11 is 6.07. The lowest BCUT2D eigenvalue weighted by molar-refractivity contribution is -0.121. The smallest absolute Gasteiger partial charge is 0.356 e. The second-order valence-corrected chi connectivity index (χ2v) is 6.99. The van der Waals surface area contributed by atoms with E-state index in [1.54, 1.807) is 18.2 Å². The van der Waals surface area contributed by atoms with Crippen LogP contribution in [0, 0.1) is 0 Å². The third-order valence-corrected chi connectivity index (χ3v) is 4.51.